The number of carbonyl (C=O) groups is 1. The van der Waals surface area contributed by atoms with Crippen LogP contribution in [-0.2, 0) is 6.54 Å². The van der Waals surface area contributed by atoms with Gasteiger partial charge in [-0.05, 0) is 23.8 Å². The molecule has 0 radical (unpaired) electrons. The van der Waals surface area contributed by atoms with E-state index < -0.39 is 5.82 Å². The highest BCUT2D eigenvalue weighted by molar-refractivity contribution is 5.94. The van der Waals surface area contributed by atoms with E-state index in [1.807, 2.05) is 30.3 Å². The lowest BCUT2D eigenvalue weighted by atomic mass is 10.1. The largest absolute Gasteiger partial charge is 0.395 e. The number of rotatable bonds is 5. The average molecular weight is 273 g/mol. The summed E-state index contributed by atoms with van der Waals surface area (Å²) in [4.78, 5) is 13.8. The quantitative estimate of drug-likeness (QED) is 0.909. The summed E-state index contributed by atoms with van der Waals surface area (Å²) in [5, 5.41) is 9.10. The molecule has 0 atom stereocenters. The number of hydrogen-bond donors (Lipinski definition) is 1. The highest BCUT2D eigenvalue weighted by atomic mass is 19.1. The van der Waals surface area contributed by atoms with Crippen LogP contribution in [0.3, 0.4) is 0 Å². The third-order valence-electron chi connectivity index (χ3n) is 2.94. The van der Waals surface area contributed by atoms with Gasteiger partial charge in [0.25, 0.3) is 5.91 Å². The first-order chi connectivity index (χ1) is 9.70. The summed E-state index contributed by atoms with van der Waals surface area (Å²) >= 11 is 0. The first kappa shape index (κ1) is 14.2. The van der Waals surface area contributed by atoms with Gasteiger partial charge in [0.15, 0.2) is 0 Å². The van der Waals surface area contributed by atoms with E-state index in [4.69, 9.17) is 5.11 Å². The Hall–Kier alpha value is -2.20. The van der Waals surface area contributed by atoms with Crippen LogP contribution in [0.15, 0.2) is 54.6 Å². The summed E-state index contributed by atoms with van der Waals surface area (Å²) < 4.78 is 13.2. The Morgan fingerprint density at radius 2 is 1.85 bits per heavy atom. The molecule has 0 saturated heterocycles. The Morgan fingerprint density at radius 1 is 1.10 bits per heavy atom. The number of hydrogen-bond acceptors (Lipinski definition) is 2. The van der Waals surface area contributed by atoms with Crippen LogP contribution in [0.2, 0.25) is 0 Å². The van der Waals surface area contributed by atoms with E-state index in [9.17, 15) is 9.18 Å². The molecule has 0 unspecified atom stereocenters. The minimum absolute atomic E-state index is 0.131. The molecule has 0 fully saturated rings. The summed E-state index contributed by atoms with van der Waals surface area (Å²) in [6.07, 6.45) is 0. The number of carbonyl (C=O) groups excluding carboxylic acids is 1. The van der Waals surface area contributed by atoms with Gasteiger partial charge in [0.05, 0.1) is 6.61 Å². The Bertz CT molecular complexity index is 572. The number of aliphatic hydroxyl groups excluding tert-OH is 1. The molecule has 104 valence electrons. The highest BCUT2D eigenvalue weighted by Gasteiger charge is 2.16. The second kappa shape index (κ2) is 6.82. The Morgan fingerprint density at radius 3 is 2.50 bits per heavy atom. The number of benzene rings is 2. The van der Waals surface area contributed by atoms with Gasteiger partial charge in [0.1, 0.15) is 5.82 Å². The van der Waals surface area contributed by atoms with Gasteiger partial charge in [-0.1, -0.05) is 36.4 Å². The average Bonchev–Trinajstić information content (AvgIpc) is 2.47. The molecule has 1 N–H and O–H groups in total. The summed E-state index contributed by atoms with van der Waals surface area (Å²) in [5.74, 6) is -0.734. The zero-order chi connectivity index (χ0) is 14.4. The smallest absolute Gasteiger partial charge is 0.254 e. The number of aliphatic hydroxyl groups is 1. The maximum atomic E-state index is 13.2. The highest BCUT2D eigenvalue weighted by Crippen LogP contribution is 2.11. The minimum Gasteiger partial charge on any atom is -0.395 e. The van der Waals surface area contributed by atoms with Crippen molar-refractivity contribution in [1.29, 1.82) is 0 Å². The summed E-state index contributed by atoms with van der Waals surface area (Å²) in [5.41, 5.74) is 1.25. The van der Waals surface area contributed by atoms with Crippen molar-refractivity contribution in [2.75, 3.05) is 13.2 Å². The van der Waals surface area contributed by atoms with E-state index in [1.54, 1.807) is 6.07 Å². The van der Waals surface area contributed by atoms with E-state index in [0.29, 0.717) is 6.54 Å². The first-order valence-corrected chi connectivity index (χ1v) is 6.40. The normalized spacial score (nSPS) is 10.3. The van der Waals surface area contributed by atoms with E-state index in [-0.39, 0.29) is 24.6 Å². The van der Waals surface area contributed by atoms with Gasteiger partial charge in [-0.3, -0.25) is 4.79 Å². The van der Waals surface area contributed by atoms with Gasteiger partial charge in [-0.2, -0.15) is 0 Å². The molecule has 4 heteroatoms. The lowest BCUT2D eigenvalue weighted by Crippen LogP contribution is -2.33. The van der Waals surface area contributed by atoms with Crippen LogP contribution < -0.4 is 0 Å². The van der Waals surface area contributed by atoms with Gasteiger partial charge in [-0.15, -0.1) is 0 Å². The van der Waals surface area contributed by atoms with Crippen molar-refractivity contribution < 1.29 is 14.3 Å². The van der Waals surface area contributed by atoms with Crippen LogP contribution in [0.5, 0.6) is 0 Å². The molecule has 2 aromatic rings. The first-order valence-electron chi connectivity index (χ1n) is 6.40. The molecule has 2 aromatic carbocycles. The fourth-order valence-electron chi connectivity index (χ4n) is 1.98. The van der Waals surface area contributed by atoms with E-state index in [2.05, 4.69) is 0 Å². The van der Waals surface area contributed by atoms with Crippen molar-refractivity contribution in [3.63, 3.8) is 0 Å². The monoisotopic (exact) mass is 273 g/mol. The zero-order valence-electron chi connectivity index (χ0n) is 11.0. The molecule has 3 nitrogen and oxygen atoms in total. The summed E-state index contributed by atoms with van der Waals surface area (Å²) in [6.45, 7) is 0.467. The Kier molecular flexibility index (Phi) is 4.85. The van der Waals surface area contributed by atoms with Crippen molar-refractivity contribution in [1.82, 2.24) is 4.90 Å². The summed E-state index contributed by atoms with van der Waals surface area (Å²) in [6, 6.07) is 15.1. The second-order valence-electron chi connectivity index (χ2n) is 4.45. The Balaban J connectivity index is 2.18. The van der Waals surface area contributed by atoms with Gasteiger partial charge in [0, 0.05) is 18.7 Å². The van der Waals surface area contributed by atoms with Crippen molar-refractivity contribution in [3.05, 3.63) is 71.5 Å². The fourth-order valence-corrected chi connectivity index (χ4v) is 1.98. The number of amides is 1. The van der Waals surface area contributed by atoms with Gasteiger partial charge in [0.2, 0.25) is 0 Å². The third kappa shape index (κ3) is 3.65. The van der Waals surface area contributed by atoms with Gasteiger partial charge >= 0.3 is 0 Å². The van der Waals surface area contributed by atoms with Crippen LogP contribution in [0, 0.1) is 5.82 Å². The van der Waals surface area contributed by atoms with E-state index >= 15 is 0 Å². The molecule has 2 rings (SSSR count). The van der Waals surface area contributed by atoms with Crippen LogP contribution in [0.25, 0.3) is 0 Å². The molecule has 0 aliphatic carbocycles. The lowest BCUT2D eigenvalue weighted by molar-refractivity contribution is 0.0707. The van der Waals surface area contributed by atoms with Crippen LogP contribution in [0.1, 0.15) is 15.9 Å². The molecule has 0 heterocycles. The lowest BCUT2D eigenvalue weighted by Gasteiger charge is -2.22. The summed E-state index contributed by atoms with van der Waals surface area (Å²) in [7, 11) is 0. The molecule has 0 bridgehead atoms. The van der Waals surface area contributed by atoms with Crippen molar-refractivity contribution in [2.45, 2.75) is 6.54 Å². The van der Waals surface area contributed by atoms with Gasteiger partial charge in [-0.25, -0.2) is 4.39 Å². The molecular formula is C16H16FNO2. The maximum Gasteiger partial charge on any atom is 0.254 e. The van der Waals surface area contributed by atoms with Gasteiger partial charge < -0.3 is 10.0 Å². The van der Waals surface area contributed by atoms with Crippen molar-refractivity contribution in [3.8, 4) is 0 Å². The predicted molar refractivity (Wildman–Crippen MR) is 74.7 cm³/mol. The van der Waals surface area contributed by atoms with Crippen LogP contribution in [-0.4, -0.2) is 29.1 Å². The third-order valence-corrected chi connectivity index (χ3v) is 2.94. The topological polar surface area (TPSA) is 40.5 Å². The maximum absolute atomic E-state index is 13.2. The minimum atomic E-state index is -0.445. The van der Waals surface area contributed by atoms with E-state index in [0.717, 1.165) is 5.56 Å². The predicted octanol–water partition coefficient (Wildman–Crippen LogP) is 2.46. The van der Waals surface area contributed by atoms with Crippen LogP contribution in [0.4, 0.5) is 4.39 Å². The molecule has 0 aliphatic heterocycles. The second-order valence-corrected chi connectivity index (χ2v) is 4.45. The number of nitrogens with zero attached hydrogens (tertiary/aromatic N) is 1. The molecular weight excluding hydrogens is 257 g/mol. The Labute approximate surface area is 117 Å². The van der Waals surface area contributed by atoms with Crippen LogP contribution >= 0.6 is 0 Å². The van der Waals surface area contributed by atoms with E-state index in [1.165, 1.54) is 23.1 Å². The van der Waals surface area contributed by atoms with Crippen molar-refractivity contribution in [2.24, 2.45) is 0 Å². The fraction of sp³-hybridized carbons (Fsp3) is 0.188. The molecule has 1 amide bonds. The zero-order valence-corrected chi connectivity index (χ0v) is 11.0. The standard InChI is InChI=1S/C16H16FNO2/c17-15-8-4-7-14(11-15)16(20)18(9-10-19)12-13-5-2-1-3-6-13/h1-8,11,19H,9-10,12H2. The van der Waals surface area contributed by atoms with Crippen molar-refractivity contribution >= 4 is 5.91 Å². The SMILES string of the molecule is O=C(c1cccc(F)c1)N(CCO)Cc1ccccc1. The molecule has 0 aromatic heterocycles. The molecule has 0 spiro atoms. The number of halogens is 1. The molecule has 20 heavy (non-hydrogen) atoms. The molecule has 0 saturated carbocycles. The molecule has 0 aliphatic rings.